The van der Waals surface area contributed by atoms with Crippen molar-refractivity contribution in [3.8, 4) is 0 Å². The molecule has 0 radical (unpaired) electrons. The minimum atomic E-state index is 0.280. The first-order chi connectivity index (χ1) is 7.65. The SMILES string of the molecule is CCNCC(=O)N(CC(C)C)C1CCCC1. The fraction of sp³-hybridized carbons (Fsp3) is 0.923. The zero-order chi connectivity index (χ0) is 12.0. The van der Waals surface area contributed by atoms with E-state index in [0.717, 1.165) is 13.1 Å². The van der Waals surface area contributed by atoms with E-state index in [9.17, 15) is 4.79 Å². The van der Waals surface area contributed by atoms with E-state index in [1.165, 1.54) is 25.7 Å². The second kappa shape index (κ2) is 6.89. The molecule has 0 bridgehead atoms. The number of amides is 1. The second-order valence-electron chi connectivity index (χ2n) is 5.16. The van der Waals surface area contributed by atoms with Crippen molar-refractivity contribution < 1.29 is 4.79 Å². The van der Waals surface area contributed by atoms with Crippen LogP contribution in [0.1, 0.15) is 46.5 Å². The normalized spacial score (nSPS) is 17.0. The molecule has 1 N–H and O–H groups in total. The summed E-state index contributed by atoms with van der Waals surface area (Å²) in [6, 6.07) is 0.508. The van der Waals surface area contributed by atoms with Gasteiger partial charge < -0.3 is 10.2 Å². The number of likely N-dealkylation sites (N-methyl/N-ethyl adjacent to an activating group) is 1. The molecule has 0 aromatic rings. The summed E-state index contributed by atoms with van der Waals surface area (Å²) >= 11 is 0. The Kier molecular flexibility index (Phi) is 5.81. The van der Waals surface area contributed by atoms with Crippen LogP contribution in [0.5, 0.6) is 0 Å². The highest BCUT2D eigenvalue weighted by Crippen LogP contribution is 2.24. The first-order valence-electron chi connectivity index (χ1n) is 6.65. The quantitative estimate of drug-likeness (QED) is 0.751. The number of carbonyl (C=O) groups excluding carboxylic acids is 1. The molecule has 1 saturated carbocycles. The molecule has 3 nitrogen and oxygen atoms in total. The van der Waals surface area contributed by atoms with Gasteiger partial charge in [-0.3, -0.25) is 4.79 Å². The molecular formula is C13H26N2O. The summed E-state index contributed by atoms with van der Waals surface area (Å²) in [6.07, 6.45) is 4.97. The molecular weight excluding hydrogens is 200 g/mol. The van der Waals surface area contributed by atoms with Gasteiger partial charge in [-0.15, -0.1) is 0 Å². The predicted octanol–water partition coefficient (Wildman–Crippen LogP) is 2.02. The first kappa shape index (κ1) is 13.5. The Balaban J connectivity index is 2.51. The third kappa shape index (κ3) is 4.12. The molecule has 1 amide bonds. The van der Waals surface area contributed by atoms with Crippen LogP contribution in [-0.4, -0.2) is 36.5 Å². The Bertz CT molecular complexity index is 210. The van der Waals surface area contributed by atoms with Crippen LogP contribution in [0.2, 0.25) is 0 Å². The van der Waals surface area contributed by atoms with Crippen molar-refractivity contribution in [1.82, 2.24) is 10.2 Å². The van der Waals surface area contributed by atoms with Gasteiger partial charge in [-0.25, -0.2) is 0 Å². The van der Waals surface area contributed by atoms with E-state index >= 15 is 0 Å². The van der Waals surface area contributed by atoms with E-state index in [2.05, 4.69) is 24.1 Å². The lowest BCUT2D eigenvalue weighted by Crippen LogP contribution is -2.45. The molecule has 0 aromatic heterocycles. The van der Waals surface area contributed by atoms with Gasteiger partial charge in [0.15, 0.2) is 0 Å². The number of carbonyl (C=O) groups is 1. The highest BCUT2D eigenvalue weighted by Gasteiger charge is 2.26. The third-order valence-electron chi connectivity index (χ3n) is 3.17. The number of hydrogen-bond donors (Lipinski definition) is 1. The van der Waals surface area contributed by atoms with Gasteiger partial charge in [0.05, 0.1) is 6.54 Å². The van der Waals surface area contributed by atoms with E-state index < -0.39 is 0 Å². The maximum atomic E-state index is 12.1. The summed E-state index contributed by atoms with van der Waals surface area (Å²) in [7, 11) is 0. The monoisotopic (exact) mass is 226 g/mol. The van der Waals surface area contributed by atoms with Crippen LogP contribution >= 0.6 is 0 Å². The summed E-state index contributed by atoms with van der Waals surface area (Å²) < 4.78 is 0. The smallest absolute Gasteiger partial charge is 0.236 e. The number of nitrogens with zero attached hydrogens (tertiary/aromatic N) is 1. The van der Waals surface area contributed by atoms with Crippen molar-refractivity contribution in [1.29, 1.82) is 0 Å². The average Bonchev–Trinajstić information content (AvgIpc) is 2.75. The Hall–Kier alpha value is -0.570. The Labute approximate surface area is 99.6 Å². The summed E-state index contributed by atoms with van der Waals surface area (Å²) in [4.78, 5) is 14.2. The van der Waals surface area contributed by atoms with Crippen molar-refractivity contribution in [3.05, 3.63) is 0 Å². The maximum Gasteiger partial charge on any atom is 0.236 e. The topological polar surface area (TPSA) is 32.3 Å². The Morgan fingerprint density at radius 3 is 2.50 bits per heavy atom. The highest BCUT2D eigenvalue weighted by atomic mass is 16.2. The van der Waals surface area contributed by atoms with E-state index in [1.807, 2.05) is 6.92 Å². The van der Waals surface area contributed by atoms with Gasteiger partial charge in [-0.1, -0.05) is 33.6 Å². The maximum absolute atomic E-state index is 12.1. The van der Waals surface area contributed by atoms with E-state index in [4.69, 9.17) is 0 Å². The zero-order valence-electron chi connectivity index (χ0n) is 11.0. The van der Waals surface area contributed by atoms with Gasteiger partial charge in [-0.05, 0) is 25.3 Å². The number of rotatable bonds is 6. The largest absolute Gasteiger partial charge is 0.338 e. The van der Waals surface area contributed by atoms with E-state index in [0.29, 0.717) is 18.5 Å². The van der Waals surface area contributed by atoms with E-state index in [-0.39, 0.29) is 5.91 Å². The molecule has 16 heavy (non-hydrogen) atoms. The second-order valence-corrected chi connectivity index (χ2v) is 5.16. The molecule has 0 atom stereocenters. The predicted molar refractivity (Wildman–Crippen MR) is 67.4 cm³/mol. The molecule has 94 valence electrons. The van der Waals surface area contributed by atoms with Crippen molar-refractivity contribution in [2.75, 3.05) is 19.6 Å². The minimum absolute atomic E-state index is 0.280. The lowest BCUT2D eigenvalue weighted by Gasteiger charge is -2.30. The summed E-state index contributed by atoms with van der Waals surface area (Å²) in [5, 5.41) is 3.13. The van der Waals surface area contributed by atoms with Crippen LogP contribution in [0.4, 0.5) is 0 Å². The lowest BCUT2D eigenvalue weighted by molar-refractivity contribution is -0.133. The molecule has 0 unspecified atom stereocenters. The summed E-state index contributed by atoms with van der Waals surface area (Å²) in [6.45, 7) is 8.68. The van der Waals surface area contributed by atoms with Crippen LogP contribution in [-0.2, 0) is 4.79 Å². The number of nitrogens with one attached hydrogen (secondary N) is 1. The lowest BCUT2D eigenvalue weighted by atomic mass is 10.1. The average molecular weight is 226 g/mol. The fourth-order valence-electron chi connectivity index (χ4n) is 2.40. The molecule has 0 spiro atoms. The molecule has 0 saturated heterocycles. The molecule has 0 heterocycles. The van der Waals surface area contributed by atoms with Crippen LogP contribution in [0.15, 0.2) is 0 Å². The highest BCUT2D eigenvalue weighted by molar-refractivity contribution is 5.78. The number of hydrogen-bond acceptors (Lipinski definition) is 2. The fourth-order valence-corrected chi connectivity index (χ4v) is 2.40. The molecule has 0 aromatic carbocycles. The van der Waals surface area contributed by atoms with Crippen LogP contribution in [0.3, 0.4) is 0 Å². The Morgan fingerprint density at radius 1 is 1.38 bits per heavy atom. The molecule has 3 heteroatoms. The molecule has 0 aliphatic heterocycles. The van der Waals surface area contributed by atoms with Crippen molar-refractivity contribution >= 4 is 5.91 Å². The zero-order valence-corrected chi connectivity index (χ0v) is 11.0. The standard InChI is InChI=1S/C13H26N2O/c1-4-14-9-13(16)15(10-11(2)3)12-7-5-6-8-12/h11-12,14H,4-10H2,1-3H3. The summed E-state index contributed by atoms with van der Waals surface area (Å²) in [5.74, 6) is 0.841. The van der Waals surface area contributed by atoms with E-state index in [1.54, 1.807) is 0 Å². The summed E-state index contributed by atoms with van der Waals surface area (Å²) in [5.41, 5.74) is 0. The van der Waals surface area contributed by atoms with Gasteiger partial charge in [0.1, 0.15) is 0 Å². The van der Waals surface area contributed by atoms with Crippen LogP contribution < -0.4 is 5.32 Å². The van der Waals surface area contributed by atoms with Crippen molar-refractivity contribution in [2.45, 2.75) is 52.5 Å². The molecule has 1 rings (SSSR count). The Morgan fingerprint density at radius 2 is 2.00 bits per heavy atom. The van der Waals surface area contributed by atoms with Crippen molar-refractivity contribution in [3.63, 3.8) is 0 Å². The van der Waals surface area contributed by atoms with Crippen molar-refractivity contribution in [2.24, 2.45) is 5.92 Å². The minimum Gasteiger partial charge on any atom is -0.338 e. The van der Waals surface area contributed by atoms with Gasteiger partial charge >= 0.3 is 0 Å². The molecule has 1 fully saturated rings. The van der Waals surface area contributed by atoms with Gasteiger partial charge in [0.2, 0.25) is 5.91 Å². The van der Waals surface area contributed by atoms with Gasteiger partial charge in [0, 0.05) is 12.6 Å². The van der Waals surface area contributed by atoms with Gasteiger partial charge in [0.25, 0.3) is 0 Å². The third-order valence-corrected chi connectivity index (χ3v) is 3.17. The van der Waals surface area contributed by atoms with Gasteiger partial charge in [-0.2, -0.15) is 0 Å². The van der Waals surface area contributed by atoms with Crippen LogP contribution in [0.25, 0.3) is 0 Å². The van der Waals surface area contributed by atoms with Crippen LogP contribution in [0, 0.1) is 5.92 Å². The first-order valence-corrected chi connectivity index (χ1v) is 6.65. The molecule has 1 aliphatic rings. The molecule has 1 aliphatic carbocycles.